The van der Waals surface area contributed by atoms with Crippen LogP contribution < -0.4 is 11.1 Å². The molecule has 1 aromatic rings. The van der Waals surface area contributed by atoms with Crippen molar-refractivity contribution in [2.75, 3.05) is 18.9 Å². The highest BCUT2D eigenvalue weighted by atomic mass is 79.9. The van der Waals surface area contributed by atoms with Crippen LogP contribution in [0.3, 0.4) is 0 Å². The largest absolute Gasteiger partial charge is 0.392 e. The molecule has 1 atom stereocenters. The second-order valence-electron chi connectivity index (χ2n) is 4.02. The fraction of sp³-hybridized carbons (Fsp3) is 0.333. The fourth-order valence-electron chi connectivity index (χ4n) is 1.33. The summed E-state index contributed by atoms with van der Waals surface area (Å²) in [5.41, 5.74) is 6.29. The van der Waals surface area contributed by atoms with Crippen molar-refractivity contribution in [3.05, 3.63) is 28.7 Å². The van der Waals surface area contributed by atoms with Crippen molar-refractivity contribution in [2.45, 2.75) is 13.0 Å². The molecule has 4 nitrogen and oxygen atoms in total. The van der Waals surface area contributed by atoms with Gasteiger partial charge in [0.05, 0.1) is 23.3 Å². The van der Waals surface area contributed by atoms with Crippen LogP contribution in [0.5, 0.6) is 0 Å². The van der Waals surface area contributed by atoms with Crippen molar-refractivity contribution in [1.82, 2.24) is 4.90 Å². The molecule has 0 fully saturated rings. The summed E-state index contributed by atoms with van der Waals surface area (Å²) in [6.07, 6.45) is 0. The van der Waals surface area contributed by atoms with Crippen LogP contribution in [0.4, 0.5) is 5.69 Å². The molecule has 98 valence electrons. The van der Waals surface area contributed by atoms with Crippen molar-refractivity contribution in [3.63, 3.8) is 0 Å². The molecular formula is C12H16BrN3OS. The summed E-state index contributed by atoms with van der Waals surface area (Å²) in [6.45, 7) is 2.11. The molecule has 0 aliphatic heterocycles. The van der Waals surface area contributed by atoms with Crippen molar-refractivity contribution in [2.24, 2.45) is 5.73 Å². The number of carbonyl (C=O) groups excluding carboxylic acids is 1. The first kappa shape index (κ1) is 15.1. The zero-order valence-electron chi connectivity index (χ0n) is 10.3. The van der Waals surface area contributed by atoms with Gasteiger partial charge in [0, 0.05) is 4.47 Å². The van der Waals surface area contributed by atoms with Gasteiger partial charge in [-0.1, -0.05) is 24.4 Å². The van der Waals surface area contributed by atoms with Crippen LogP contribution in [0.25, 0.3) is 0 Å². The lowest BCUT2D eigenvalue weighted by Crippen LogP contribution is -2.43. The first-order chi connectivity index (χ1) is 8.41. The Morgan fingerprint density at radius 1 is 1.56 bits per heavy atom. The summed E-state index contributed by atoms with van der Waals surface area (Å²) in [5.74, 6) is -0.104. The third-order valence-electron chi connectivity index (χ3n) is 2.61. The number of para-hydroxylation sites is 1. The third-order valence-corrected chi connectivity index (χ3v) is 3.65. The summed E-state index contributed by atoms with van der Waals surface area (Å²) in [5, 5.41) is 2.82. The number of benzene rings is 1. The molecule has 0 bridgehead atoms. The number of likely N-dealkylation sites (N-methyl/N-ethyl adjacent to an activating group) is 1. The molecule has 18 heavy (non-hydrogen) atoms. The smallest absolute Gasteiger partial charge is 0.238 e. The maximum atomic E-state index is 11.8. The van der Waals surface area contributed by atoms with Gasteiger partial charge in [0.15, 0.2) is 0 Å². The van der Waals surface area contributed by atoms with E-state index in [1.54, 1.807) is 4.90 Å². The van der Waals surface area contributed by atoms with Crippen molar-refractivity contribution < 1.29 is 4.79 Å². The minimum absolute atomic E-state index is 0.104. The molecule has 1 unspecified atom stereocenters. The average Bonchev–Trinajstić information content (AvgIpc) is 2.30. The number of thiocarbonyl (C=S) groups is 1. The van der Waals surface area contributed by atoms with Crippen molar-refractivity contribution in [3.8, 4) is 0 Å². The SMILES string of the molecule is CC(C(N)=S)N(C)CC(=O)Nc1ccccc1Br. The summed E-state index contributed by atoms with van der Waals surface area (Å²) in [4.78, 5) is 14.0. The molecule has 0 aromatic heterocycles. The lowest BCUT2D eigenvalue weighted by Gasteiger charge is -2.22. The van der Waals surface area contributed by atoms with Crippen molar-refractivity contribution in [1.29, 1.82) is 0 Å². The first-order valence-electron chi connectivity index (χ1n) is 5.45. The highest BCUT2D eigenvalue weighted by molar-refractivity contribution is 9.10. The maximum Gasteiger partial charge on any atom is 0.238 e. The van der Waals surface area contributed by atoms with E-state index in [9.17, 15) is 4.79 Å². The molecular weight excluding hydrogens is 314 g/mol. The zero-order valence-corrected chi connectivity index (χ0v) is 12.7. The van der Waals surface area contributed by atoms with E-state index in [-0.39, 0.29) is 18.5 Å². The molecule has 0 aliphatic rings. The number of carbonyl (C=O) groups is 1. The van der Waals surface area contributed by atoms with E-state index in [2.05, 4.69) is 21.2 Å². The van der Waals surface area contributed by atoms with Crippen LogP contribution in [0.15, 0.2) is 28.7 Å². The molecule has 0 heterocycles. The van der Waals surface area contributed by atoms with E-state index < -0.39 is 0 Å². The van der Waals surface area contributed by atoms with Gasteiger partial charge in [-0.15, -0.1) is 0 Å². The van der Waals surface area contributed by atoms with Gasteiger partial charge in [-0.05, 0) is 42.0 Å². The number of rotatable bonds is 5. The molecule has 0 saturated heterocycles. The molecule has 0 aliphatic carbocycles. The summed E-state index contributed by atoms with van der Waals surface area (Å²) in [7, 11) is 1.81. The Kier molecular flexibility index (Phi) is 5.71. The van der Waals surface area contributed by atoms with Crippen LogP contribution >= 0.6 is 28.1 Å². The molecule has 1 rings (SSSR count). The Morgan fingerprint density at radius 3 is 2.72 bits per heavy atom. The van der Waals surface area contributed by atoms with Gasteiger partial charge in [0.1, 0.15) is 0 Å². The lowest BCUT2D eigenvalue weighted by atomic mass is 10.3. The Balaban J connectivity index is 2.57. The molecule has 1 amide bonds. The number of nitrogens with one attached hydrogen (secondary N) is 1. The highest BCUT2D eigenvalue weighted by Gasteiger charge is 2.15. The van der Waals surface area contributed by atoms with Gasteiger partial charge in [0.2, 0.25) is 5.91 Å². The number of anilines is 1. The predicted octanol–water partition coefficient (Wildman–Crippen LogP) is 1.99. The van der Waals surface area contributed by atoms with Gasteiger partial charge < -0.3 is 11.1 Å². The van der Waals surface area contributed by atoms with Gasteiger partial charge >= 0.3 is 0 Å². The van der Waals surface area contributed by atoms with E-state index in [0.29, 0.717) is 4.99 Å². The third kappa shape index (κ3) is 4.36. The molecule has 1 aromatic carbocycles. The minimum atomic E-state index is -0.107. The first-order valence-corrected chi connectivity index (χ1v) is 6.66. The Hall–Kier alpha value is -0.980. The van der Waals surface area contributed by atoms with Gasteiger partial charge in [-0.25, -0.2) is 0 Å². The number of hydrogen-bond acceptors (Lipinski definition) is 3. The maximum absolute atomic E-state index is 11.8. The predicted molar refractivity (Wildman–Crippen MR) is 81.6 cm³/mol. The van der Waals surface area contributed by atoms with Crippen LogP contribution in [-0.2, 0) is 4.79 Å². The molecule has 3 N–H and O–H groups in total. The second-order valence-corrected chi connectivity index (χ2v) is 5.35. The van der Waals surface area contributed by atoms with Gasteiger partial charge in [0.25, 0.3) is 0 Å². The molecule has 0 radical (unpaired) electrons. The quantitative estimate of drug-likeness (QED) is 0.811. The Labute approximate surface area is 121 Å². The van der Waals surface area contributed by atoms with E-state index >= 15 is 0 Å². The summed E-state index contributed by atoms with van der Waals surface area (Å²) in [6, 6.07) is 7.35. The van der Waals surface area contributed by atoms with Crippen LogP contribution in [0, 0.1) is 0 Å². The Morgan fingerprint density at radius 2 is 2.17 bits per heavy atom. The summed E-state index contributed by atoms with van der Waals surface area (Å²) < 4.78 is 0.850. The molecule has 0 spiro atoms. The zero-order chi connectivity index (χ0) is 13.7. The number of nitrogens with two attached hydrogens (primary N) is 1. The standard InChI is InChI=1S/C12H16BrN3OS/c1-8(12(14)18)16(2)7-11(17)15-10-6-4-3-5-9(10)13/h3-6,8H,7H2,1-2H3,(H2,14,18)(H,15,17). The second kappa shape index (κ2) is 6.82. The van der Waals surface area contributed by atoms with E-state index in [1.165, 1.54) is 0 Å². The number of hydrogen-bond donors (Lipinski definition) is 2. The van der Waals surface area contributed by atoms with E-state index in [0.717, 1.165) is 10.2 Å². The molecule has 0 saturated carbocycles. The summed E-state index contributed by atoms with van der Waals surface area (Å²) >= 11 is 8.27. The highest BCUT2D eigenvalue weighted by Crippen LogP contribution is 2.20. The number of amides is 1. The van der Waals surface area contributed by atoms with E-state index in [4.69, 9.17) is 18.0 Å². The van der Waals surface area contributed by atoms with Gasteiger partial charge in [-0.3, -0.25) is 9.69 Å². The minimum Gasteiger partial charge on any atom is -0.392 e. The monoisotopic (exact) mass is 329 g/mol. The normalized spacial score (nSPS) is 12.2. The van der Waals surface area contributed by atoms with Crippen LogP contribution in [0.1, 0.15) is 6.92 Å². The van der Waals surface area contributed by atoms with E-state index in [1.807, 2.05) is 38.2 Å². The van der Waals surface area contributed by atoms with Gasteiger partial charge in [-0.2, -0.15) is 0 Å². The number of halogens is 1. The lowest BCUT2D eigenvalue weighted by molar-refractivity contribution is -0.117. The average molecular weight is 330 g/mol. The molecule has 6 heteroatoms. The van der Waals surface area contributed by atoms with Crippen LogP contribution in [0.2, 0.25) is 0 Å². The van der Waals surface area contributed by atoms with Crippen molar-refractivity contribution >= 4 is 44.7 Å². The van der Waals surface area contributed by atoms with Crippen LogP contribution in [-0.4, -0.2) is 35.4 Å². The Bertz CT molecular complexity index is 453. The fourth-order valence-corrected chi connectivity index (χ4v) is 1.90. The number of nitrogens with zero attached hydrogens (tertiary/aromatic N) is 1. The topological polar surface area (TPSA) is 58.4 Å².